The van der Waals surface area contributed by atoms with E-state index in [2.05, 4.69) is 5.32 Å². The first kappa shape index (κ1) is 16.3. The number of hydrogen-bond acceptors (Lipinski definition) is 3. The molecule has 0 spiro atoms. The molecule has 22 heavy (non-hydrogen) atoms. The molecule has 1 heterocycles. The van der Waals surface area contributed by atoms with E-state index >= 15 is 0 Å². The number of carbonyl (C=O) groups excluding carboxylic acids is 2. The van der Waals surface area contributed by atoms with Crippen molar-refractivity contribution in [1.82, 2.24) is 4.90 Å². The topological polar surface area (TPSA) is 58.6 Å². The lowest BCUT2D eigenvalue weighted by molar-refractivity contribution is -0.120. The van der Waals surface area contributed by atoms with Gasteiger partial charge in [0.05, 0.1) is 0 Å². The highest BCUT2D eigenvalue weighted by Gasteiger charge is 2.36. The van der Waals surface area contributed by atoms with E-state index in [4.69, 9.17) is 4.74 Å². The van der Waals surface area contributed by atoms with Crippen LogP contribution < -0.4 is 5.32 Å². The average Bonchev–Trinajstić information content (AvgIpc) is 2.89. The molecule has 1 N–H and O–H groups in total. The van der Waals surface area contributed by atoms with Crippen LogP contribution in [0.4, 0.5) is 14.9 Å². The summed E-state index contributed by atoms with van der Waals surface area (Å²) in [7, 11) is 0. The molecule has 0 aliphatic carbocycles. The smallest absolute Gasteiger partial charge is 0.410 e. The van der Waals surface area contributed by atoms with Gasteiger partial charge in [0.1, 0.15) is 17.5 Å². The Kier molecular flexibility index (Phi) is 4.68. The summed E-state index contributed by atoms with van der Waals surface area (Å²) in [6.45, 7) is 5.86. The lowest BCUT2D eigenvalue weighted by Crippen LogP contribution is -2.45. The normalized spacial score (nSPS) is 18.2. The van der Waals surface area contributed by atoms with E-state index in [1.54, 1.807) is 20.8 Å². The summed E-state index contributed by atoms with van der Waals surface area (Å²) in [4.78, 5) is 25.9. The van der Waals surface area contributed by atoms with Crippen LogP contribution in [-0.4, -0.2) is 35.1 Å². The zero-order chi connectivity index (χ0) is 16.3. The molecule has 1 atom stereocenters. The average molecular weight is 308 g/mol. The SMILES string of the molecule is CC(C)(C)OC(=O)N1CCCC1C(=O)Nc1ccc(F)cc1. The number of nitrogens with zero attached hydrogens (tertiary/aromatic N) is 1. The number of carbonyl (C=O) groups is 2. The molecule has 1 aromatic carbocycles. The Bertz CT molecular complexity index is 552. The van der Waals surface area contributed by atoms with Gasteiger partial charge in [0.2, 0.25) is 5.91 Å². The first-order valence-corrected chi connectivity index (χ1v) is 7.32. The van der Waals surface area contributed by atoms with Crippen molar-refractivity contribution < 1.29 is 18.7 Å². The Morgan fingerprint density at radius 1 is 1.27 bits per heavy atom. The van der Waals surface area contributed by atoms with Crippen molar-refractivity contribution in [3.05, 3.63) is 30.1 Å². The summed E-state index contributed by atoms with van der Waals surface area (Å²) in [6, 6.07) is 4.96. The van der Waals surface area contributed by atoms with Gasteiger partial charge in [-0.05, 0) is 57.9 Å². The molecule has 120 valence electrons. The van der Waals surface area contributed by atoms with Gasteiger partial charge in [-0.25, -0.2) is 9.18 Å². The molecule has 0 bridgehead atoms. The van der Waals surface area contributed by atoms with Gasteiger partial charge in [-0.2, -0.15) is 0 Å². The third-order valence-corrected chi connectivity index (χ3v) is 3.30. The van der Waals surface area contributed by atoms with Crippen LogP contribution in [0, 0.1) is 5.82 Å². The van der Waals surface area contributed by atoms with Crippen molar-refractivity contribution in [1.29, 1.82) is 0 Å². The van der Waals surface area contributed by atoms with Crippen molar-refractivity contribution in [2.45, 2.75) is 45.3 Å². The molecule has 0 aromatic heterocycles. The van der Waals surface area contributed by atoms with Crippen molar-refractivity contribution in [3.8, 4) is 0 Å². The molecule has 1 aliphatic heterocycles. The molecular formula is C16H21FN2O3. The summed E-state index contributed by atoms with van der Waals surface area (Å²) < 4.78 is 18.2. The molecule has 6 heteroatoms. The number of amides is 2. The summed E-state index contributed by atoms with van der Waals surface area (Å²) >= 11 is 0. The minimum Gasteiger partial charge on any atom is -0.444 e. The second-order valence-electron chi connectivity index (χ2n) is 6.33. The molecule has 0 saturated carbocycles. The number of nitrogens with one attached hydrogen (secondary N) is 1. The Balaban J connectivity index is 2.01. The fourth-order valence-corrected chi connectivity index (χ4v) is 2.34. The van der Waals surface area contributed by atoms with E-state index < -0.39 is 17.7 Å². The van der Waals surface area contributed by atoms with E-state index in [0.29, 0.717) is 18.7 Å². The van der Waals surface area contributed by atoms with E-state index in [0.717, 1.165) is 6.42 Å². The maximum Gasteiger partial charge on any atom is 0.410 e. The zero-order valence-corrected chi connectivity index (χ0v) is 13.1. The molecule has 1 unspecified atom stereocenters. The molecule has 1 aromatic rings. The van der Waals surface area contributed by atoms with Gasteiger partial charge in [-0.3, -0.25) is 9.69 Å². The molecule has 0 radical (unpaired) electrons. The fraction of sp³-hybridized carbons (Fsp3) is 0.500. The van der Waals surface area contributed by atoms with Crippen LogP contribution in [0.3, 0.4) is 0 Å². The van der Waals surface area contributed by atoms with E-state index in [1.165, 1.54) is 29.2 Å². The molecule has 5 nitrogen and oxygen atoms in total. The quantitative estimate of drug-likeness (QED) is 0.913. The molecular weight excluding hydrogens is 287 g/mol. The van der Waals surface area contributed by atoms with Crippen LogP contribution in [0.25, 0.3) is 0 Å². The third-order valence-electron chi connectivity index (χ3n) is 3.30. The molecule has 1 aliphatic rings. The zero-order valence-electron chi connectivity index (χ0n) is 13.1. The number of ether oxygens (including phenoxy) is 1. The Morgan fingerprint density at radius 2 is 1.91 bits per heavy atom. The van der Waals surface area contributed by atoms with Gasteiger partial charge in [0.25, 0.3) is 0 Å². The second-order valence-corrected chi connectivity index (χ2v) is 6.33. The number of rotatable bonds is 2. The summed E-state index contributed by atoms with van der Waals surface area (Å²) in [5.41, 5.74) is -0.0973. The van der Waals surface area contributed by atoms with E-state index in [1.807, 2.05) is 0 Å². The number of benzene rings is 1. The predicted molar refractivity (Wildman–Crippen MR) is 81.0 cm³/mol. The van der Waals surface area contributed by atoms with Gasteiger partial charge in [-0.15, -0.1) is 0 Å². The number of halogens is 1. The van der Waals surface area contributed by atoms with Crippen LogP contribution >= 0.6 is 0 Å². The van der Waals surface area contributed by atoms with Crippen LogP contribution in [0.1, 0.15) is 33.6 Å². The van der Waals surface area contributed by atoms with Crippen LogP contribution in [0.15, 0.2) is 24.3 Å². The number of hydrogen-bond donors (Lipinski definition) is 1. The predicted octanol–water partition coefficient (Wildman–Crippen LogP) is 3.16. The number of likely N-dealkylation sites (tertiary alicyclic amines) is 1. The molecule has 1 fully saturated rings. The summed E-state index contributed by atoms with van der Waals surface area (Å²) in [5, 5.41) is 2.70. The highest BCUT2D eigenvalue weighted by atomic mass is 19.1. The first-order chi connectivity index (χ1) is 10.3. The van der Waals surface area contributed by atoms with Crippen molar-refractivity contribution in [2.24, 2.45) is 0 Å². The minimum absolute atomic E-state index is 0.282. The highest BCUT2D eigenvalue weighted by molar-refractivity contribution is 5.96. The maximum absolute atomic E-state index is 12.9. The van der Waals surface area contributed by atoms with Gasteiger partial charge in [-0.1, -0.05) is 0 Å². The Morgan fingerprint density at radius 3 is 2.50 bits per heavy atom. The van der Waals surface area contributed by atoms with Crippen molar-refractivity contribution >= 4 is 17.7 Å². The lowest BCUT2D eigenvalue weighted by Gasteiger charge is -2.28. The summed E-state index contributed by atoms with van der Waals surface area (Å²) in [6.07, 6.45) is 0.858. The minimum atomic E-state index is -0.600. The largest absolute Gasteiger partial charge is 0.444 e. The van der Waals surface area contributed by atoms with E-state index in [9.17, 15) is 14.0 Å². The van der Waals surface area contributed by atoms with Crippen LogP contribution in [-0.2, 0) is 9.53 Å². The monoisotopic (exact) mass is 308 g/mol. The van der Waals surface area contributed by atoms with Gasteiger partial charge >= 0.3 is 6.09 Å². The first-order valence-electron chi connectivity index (χ1n) is 7.32. The Hall–Kier alpha value is -2.11. The molecule has 1 saturated heterocycles. The lowest BCUT2D eigenvalue weighted by atomic mass is 10.2. The maximum atomic E-state index is 12.9. The van der Waals surface area contributed by atoms with Gasteiger partial charge in [0, 0.05) is 12.2 Å². The molecule has 2 rings (SSSR count). The summed E-state index contributed by atoms with van der Waals surface area (Å²) in [5.74, 6) is -0.649. The fourth-order valence-electron chi connectivity index (χ4n) is 2.34. The van der Waals surface area contributed by atoms with Crippen LogP contribution in [0.5, 0.6) is 0 Å². The van der Waals surface area contributed by atoms with Crippen LogP contribution in [0.2, 0.25) is 0 Å². The van der Waals surface area contributed by atoms with Gasteiger partial charge in [0.15, 0.2) is 0 Å². The molecule has 2 amide bonds. The van der Waals surface area contributed by atoms with Gasteiger partial charge < -0.3 is 10.1 Å². The standard InChI is InChI=1S/C16H21FN2O3/c1-16(2,3)22-15(21)19-10-4-5-13(19)14(20)18-12-8-6-11(17)7-9-12/h6-9,13H,4-5,10H2,1-3H3,(H,18,20). The number of anilines is 1. The van der Waals surface area contributed by atoms with E-state index in [-0.39, 0.29) is 11.7 Å². The third kappa shape index (κ3) is 4.19. The Labute approximate surface area is 129 Å². The van der Waals surface area contributed by atoms with Crippen molar-refractivity contribution in [3.63, 3.8) is 0 Å². The van der Waals surface area contributed by atoms with Crippen molar-refractivity contribution in [2.75, 3.05) is 11.9 Å². The highest BCUT2D eigenvalue weighted by Crippen LogP contribution is 2.22. The second kappa shape index (κ2) is 6.34.